The van der Waals surface area contributed by atoms with Crippen LogP contribution in [-0.2, 0) is 32.3 Å². The van der Waals surface area contributed by atoms with Crippen molar-refractivity contribution in [1.29, 1.82) is 0 Å². The molecule has 13 heteroatoms. The molecule has 0 aliphatic carbocycles. The molecule has 198 valence electrons. The second-order valence-corrected chi connectivity index (χ2v) is 10.2. The zero-order chi connectivity index (χ0) is 27.3. The molecule has 36 heavy (non-hydrogen) atoms. The average Bonchev–Trinajstić information content (AvgIpc) is 2.81. The highest BCUT2D eigenvalue weighted by atomic mass is 35.5. The monoisotopic (exact) mass is 549 g/mol. The standard InChI is InChI=1S/C23H27ClF3N3O5S/c1-5-20(22(32)28-2)29(13-15-7-6-8-17(11-15)35-3)21(31)14-30(36(4,33)34)16-9-10-19(24)18(12-16)23(25,26)27/h6-12,20H,5,13-14H2,1-4H3,(H,28,32)/t20-/m1/s1. The van der Waals surface area contributed by atoms with E-state index in [1.165, 1.54) is 19.1 Å². The van der Waals surface area contributed by atoms with E-state index in [1.807, 2.05) is 0 Å². The van der Waals surface area contributed by atoms with Crippen LogP contribution in [0, 0.1) is 0 Å². The number of amides is 2. The molecule has 2 rings (SSSR count). The van der Waals surface area contributed by atoms with Crippen molar-refractivity contribution in [3.63, 3.8) is 0 Å². The van der Waals surface area contributed by atoms with Crippen LogP contribution in [0.1, 0.15) is 24.5 Å². The van der Waals surface area contributed by atoms with E-state index in [0.717, 1.165) is 18.4 Å². The van der Waals surface area contributed by atoms with Gasteiger partial charge in [-0.3, -0.25) is 13.9 Å². The van der Waals surface area contributed by atoms with E-state index < -0.39 is 56.9 Å². The largest absolute Gasteiger partial charge is 0.497 e. The van der Waals surface area contributed by atoms with Crippen molar-refractivity contribution >= 4 is 39.1 Å². The Morgan fingerprint density at radius 1 is 1.17 bits per heavy atom. The second-order valence-electron chi connectivity index (χ2n) is 7.84. The summed E-state index contributed by atoms with van der Waals surface area (Å²) in [5, 5.41) is 1.86. The Kier molecular flexibility index (Phi) is 9.61. The molecule has 0 aliphatic rings. The van der Waals surface area contributed by atoms with Crippen molar-refractivity contribution in [3.05, 3.63) is 58.6 Å². The number of likely N-dealkylation sites (N-methyl/N-ethyl adjacent to an activating group) is 1. The number of halogens is 4. The van der Waals surface area contributed by atoms with E-state index in [-0.39, 0.29) is 13.0 Å². The first kappa shape index (κ1) is 29.2. The second kappa shape index (κ2) is 11.8. The molecule has 0 heterocycles. The zero-order valence-electron chi connectivity index (χ0n) is 20.1. The van der Waals surface area contributed by atoms with Gasteiger partial charge in [0.2, 0.25) is 21.8 Å². The van der Waals surface area contributed by atoms with Gasteiger partial charge in [-0.15, -0.1) is 0 Å². The molecular weight excluding hydrogens is 523 g/mol. The van der Waals surface area contributed by atoms with Gasteiger partial charge in [-0.05, 0) is 42.3 Å². The van der Waals surface area contributed by atoms with Crippen LogP contribution in [0.2, 0.25) is 5.02 Å². The van der Waals surface area contributed by atoms with Crippen molar-refractivity contribution < 1.29 is 35.9 Å². The van der Waals surface area contributed by atoms with Crippen LogP contribution in [0.4, 0.5) is 18.9 Å². The van der Waals surface area contributed by atoms with E-state index in [4.69, 9.17) is 16.3 Å². The zero-order valence-corrected chi connectivity index (χ0v) is 21.7. The van der Waals surface area contributed by atoms with Gasteiger partial charge >= 0.3 is 6.18 Å². The van der Waals surface area contributed by atoms with Gasteiger partial charge in [0.1, 0.15) is 18.3 Å². The highest BCUT2D eigenvalue weighted by molar-refractivity contribution is 7.92. The summed E-state index contributed by atoms with van der Waals surface area (Å²) in [5.41, 5.74) is -1.04. The van der Waals surface area contributed by atoms with Gasteiger partial charge in [-0.25, -0.2) is 8.42 Å². The number of rotatable bonds is 10. The van der Waals surface area contributed by atoms with E-state index >= 15 is 0 Å². The highest BCUT2D eigenvalue weighted by Gasteiger charge is 2.36. The molecule has 2 aromatic carbocycles. The molecule has 0 saturated carbocycles. The van der Waals surface area contributed by atoms with Gasteiger partial charge in [0.15, 0.2) is 0 Å². The van der Waals surface area contributed by atoms with Crippen molar-refractivity contribution in [2.24, 2.45) is 0 Å². The number of nitrogens with zero attached hydrogens (tertiary/aromatic N) is 2. The first-order valence-electron chi connectivity index (χ1n) is 10.7. The first-order valence-corrected chi connectivity index (χ1v) is 12.9. The maximum absolute atomic E-state index is 13.5. The third-order valence-corrected chi connectivity index (χ3v) is 6.81. The molecule has 0 aliphatic heterocycles. The van der Waals surface area contributed by atoms with Gasteiger partial charge in [0.05, 0.1) is 29.6 Å². The molecule has 0 aromatic heterocycles. The number of hydrogen-bond donors (Lipinski definition) is 1. The molecule has 1 atom stereocenters. The Hall–Kier alpha value is -2.99. The predicted octanol–water partition coefficient (Wildman–Crippen LogP) is 3.69. The predicted molar refractivity (Wildman–Crippen MR) is 130 cm³/mol. The number of carbonyl (C=O) groups is 2. The van der Waals surface area contributed by atoms with Gasteiger partial charge in [-0.2, -0.15) is 13.2 Å². The summed E-state index contributed by atoms with van der Waals surface area (Å²) in [6.07, 6.45) is -3.87. The summed E-state index contributed by atoms with van der Waals surface area (Å²) in [4.78, 5) is 27.2. The Balaban J connectivity index is 2.52. The van der Waals surface area contributed by atoms with E-state index in [1.54, 1.807) is 31.2 Å². The van der Waals surface area contributed by atoms with Crippen LogP contribution in [-0.4, -0.2) is 58.1 Å². The topological polar surface area (TPSA) is 96.0 Å². The SMILES string of the molecule is CC[C@H](C(=O)NC)N(Cc1cccc(OC)c1)C(=O)CN(c1ccc(Cl)c(C(F)(F)F)c1)S(C)(=O)=O. The molecular formula is C23H27ClF3N3O5S. The Morgan fingerprint density at radius 2 is 1.83 bits per heavy atom. The summed E-state index contributed by atoms with van der Waals surface area (Å²) >= 11 is 5.66. The lowest BCUT2D eigenvalue weighted by molar-refractivity contribution is -0.140. The van der Waals surface area contributed by atoms with Crippen LogP contribution in [0.3, 0.4) is 0 Å². The van der Waals surface area contributed by atoms with Crippen molar-refractivity contribution in [2.75, 3.05) is 31.3 Å². The summed E-state index contributed by atoms with van der Waals surface area (Å²) in [5.74, 6) is -0.765. The number of methoxy groups -OCH3 is 1. The van der Waals surface area contributed by atoms with Gasteiger partial charge < -0.3 is 15.0 Å². The van der Waals surface area contributed by atoms with Crippen LogP contribution in [0.5, 0.6) is 5.75 Å². The number of anilines is 1. The summed E-state index contributed by atoms with van der Waals surface area (Å²) in [6, 6.07) is 8.32. The van der Waals surface area contributed by atoms with Crippen molar-refractivity contribution in [2.45, 2.75) is 32.1 Å². The third-order valence-electron chi connectivity index (χ3n) is 5.34. The molecule has 0 fully saturated rings. The lowest BCUT2D eigenvalue weighted by atomic mass is 10.1. The Labute approximate surface area is 213 Å². The number of sulfonamides is 1. The summed E-state index contributed by atoms with van der Waals surface area (Å²) in [7, 11) is -1.35. The maximum atomic E-state index is 13.5. The average molecular weight is 550 g/mol. The number of nitrogens with one attached hydrogen (secondary N) is 1. The number of alkyl halides is 3. The van der Waals surface area contributed by atoms with E-state index in [9.17, 15) is 31.2 Å². The number of benzene rings is 2. The minimum atomic E-state index is -4.84. The molecule has 1 N–H and O–H groups in total. The highest BCUT2D eigenvalue weighted by Crippen LogP contribution is 2.37. The van der Waals surface area contributed by atoms with Gasteiger partial charge in [0.25, 0.3) is 0 Å². The molecule has 8 nitrogen and oxygen atoms in total. The molecule has 0 saturated heterocycles. The third kappa shape index (κ3) is 7.26. The Bertz CT molecular complexity index is 1210. The molecule has 0 spiro atoms. The van der Waals surface area contributed by atoms with Crippen LogP contribution in [0.25, 0.3) is 0 Å². The molecule has 2 aromatic rings. The lowest BCUT2D eigenvalue weighted by Crippen LogP contribution is -2.51. The number of hydrogen-bond acceptors (Lipinski definition) is 5. The summed E-state index contributed by atoms with van der Waals surface area (Å²) < 4.78 is 71.0. The smallest absolute Gasteiger partial charge is 0.417 e. The number of carbonyl (C=O) groups excluding carboxylic acids is 2. The minimum Gasteiger partial charge on any atom is -0.497 e. The normalized spacial score (nSPS) is 12.6. The fourth-order valence-electron chi connectivity index (χ4n) is 3.55. The lowest BCUT2D eigenvalue weighted by Gasteiger charge is -2.32. The maximum Gasteiger partial charge on any atom is 0.417 e. The number of ether oxygens (including phenoxy) is 1. The van der Waals surface area contributed by atoms with Gasteiger partial charge in [0, 0.05) is 13.6 Å². The van der Waals surface area contributed by atoms with E-state index in [0.29, 0.717) is 21.7 Å². The van der Waals surface area contributed by atoms with E-state index in [2.05, 4.69) is 5.32 Å². The van der Waals surface area contributed by atoms with Crippen molar-refractivity contribution in [3.8, 4) is 5.75 Å². The molecule has 2 amide bonds. The van der Waals surface area contributed by atoms with Gasteiger partial charge in [-0.1, -0.05) is 30.7 Å². The fraction of sp³-hybridized carbons (Fsp3) is 0.391. The van der Waals surface area contributed by atoms with Crippen molar-refractivity contribution in [1.82, 2.24) is 10.2 Å². The summed E-state index contributed by atoms with van der Waals surface area (Å²) in [6.45, 7) is 0.762. The Morgan fingerprint density at radius 3 is 2.36 bits per heavy atom. The quantitative estimate of drug-likeness (QED) is 0.488. The molecule has 0 radical (unpaired) electrons. The van der Waals surface area contributed by atoms with Crippen LogP contribution >= 0.6 is 11.6 Å². The first-order chi connectivity index (χ1) is 16.7. The van der Waals surface area contributed by atoms with Crippen LogP contribution < -0.4 is 14.4 Å². The molecule has 0 bridgehead atoms. The fourth-order valence-corrected chi connectivity index (χ4v) is 4.62. The molecule has 0 unspecified atom stereocenters. The van der Waals surface area contributed by atoms with Crippen LogP contribution in [0.15, 0.2) is 42.5 Å². The minimum absolute atomic E-state index is 0.0754.